The number of thiazole rings is 1. The SMILES string of the molecule is Cc1csc(Sc2ccc(C(=O)O)cc2C)n1. The molecule has 17 heavy (non-hydrogen) atoms. The zero-order valence-electron chi connectivity index (χ0n) is 9.43. The zero-order valence-corrected chi connectivity index (χ0v) is 11.1. The number of aryl methyl sites for hydroxylation is 2. The highest BCUT2D eigenvalue weighted by Crippen LogP contribution is 2.32. The average molecular weight is 265 g/mol. The molecule has 0 saturated carbocycles. The Hall–Kier alpha value is -1.33. The number of rotatable bonds is 3. The Balaban J connectivity index is 2.25. The summed E-state index contributed by atoms with van der Waals surface area (Å²) in [5, 5.41) is 10.9. The molecule has 1 aromatic carbocycles. The molecule has 5 heteroatoms. The van der Waals surface area contributed by atoms with Crippen LogP contribution < -0.4 is 0 Å². The number of carboxylic acids is 1. The first-order valence-corrected chi connectivity index (χ1v) is 6.70. The van der Waals surface area contributed by atoms with Gasteiger partial charge in [-0.15, -0.1) is 11.3 Å². The van der Waals surface area contributed by atoms with E-state index in [9.17, 15) is 4.79 Å². The summed E-state index contributed by atoms with van der Waals surface area (Å²) in [4.78, 5) is 16.2. The number of aromatic nitrogens is 1. The summed E-state index contributed by atoms with van der Waals surface area (Å²) >= 11 is 3.17. The lowest BCUT2D eigenvalue weighted by Gasteiger charge is -2.04. The van der Waals surface area contributed by atoms with E-state index in [1.807, 2.05) is 25.3 Å². The van der Waals surface area contributed by atoms with Crippen molar-refractivity contribution in [1.82, 2.24) is 4.98 Å². The summed E-state index contributed by atoms with van der Waals surface area (Å²) in [5.41, 5.74) is 2.29. The first-order valence-electron chi connectivity index (χ1n) is 5.00. The van der Waals surface area contributed by atoms with Crippen LogP contribution >= 0.6 is 23.1 Å². The first kappa shape index (κ1) is 12.1. The molecule has 1 aromatic heterocycles. The molecule has 0 unspecified atom stereocenters. The van der Waals surface area contributed by atoms with E-state index in [4.69, 9.17) is 5.11 Å². The Kier molecular flexibility index (Phi) is 3.49. The third-order valence-electron chi connectivity index (χ3n) is 2.22. The van der Waals surface area contributed by atoms with E-state index in [0.717, 1.165) is 20.5 Å². The first-order chi connectivity index (χ1) is 8.06. The summed E-state index contributed by atoms with van der Waals surface area (Å²) < 4.78 is 0.980. The number of nitrogens with zero attached hydrogens (tertiary/aromatic N) is 1. The van der Waals surface area contributed by atoms with Crippen molar-refractivity contribution in [1.29, 1.82) is 0 Å². The highest BCUT2D eigenvalue weighted by Gasteiger charge is 2.08. The summed E-state index contributed by atoms with van der Waals surface area (Å²) in [6, 6.07) is 5.14. The lowest BCUT2D eigenvalue weighted by atomic mass is 10.1. The monoisotopic (exact) mass is 265 g/mol. The normalized spacial score (nSPS) is 10.5. The third kappa shape index (κ3) is 2.87. The molecule has 0 amide bonds. The Morgan fingerprint density at radius 1 is 1.41 bits per heavy atom. The van der Waals surface area contributed by atoms with Crippen molar-refractivity contribution in [3.8, 4) is 0 Å². The van der Waals surface area contributed by atoms with Crippen LogP contribution in [0.1, 0.15) is 21.6 Å². The second-order valence-electron chi connectivity index (χ2n) is 3.64. The van der Waals surface area contributed by atoms with Gasteiger partial charge in [0.25, 0.3) is 0 Å². The van der Waals surface area contributed by atoms with Gasteiger partial charge in [-0.05, 0) is 37.6 Å². The molecule has 0 radical (unpaired) electrons. The third-order valence-corrected chi connectivity index (χ3v) is 4.45. The predicted octanol–water partition coefficient (Wildman–Crippen LogP) is 3.61. The fourth-order valence-electron chi connectivity index (χ4n) is 1.37. The fourth-order valence-corrected chi connectivity index (χ4v) is 3.23. The quantitative estimate of drug-likeness (QED) is 0.921. The maximum absolute atomic E-state index is 10.8. The molecular formula is C12H11NO2S2. The van der Waals surface area contributed by atoms with Gasteiger partial charge in [0.1, 0.15) is 0 Å². The summed E-state index contributed by atoms with van der Waals surface area (Å²) in [6.07, 6.45) is 0. The Morgan fingerprint density at radius 3 is 2.71 bits per heavy atom. The van der Waals surface area contributed by atoms with E-state index in [1.165, 1.54) is 0 Å². The van der Waals surface area contributed by atoms with Crippen LogP contribution in [0.3, 0.4) is 0 Å². The van der Waals surface area contributed by atoms with Crippen molar-refractivity contribution in [3.63, 3.8) is 0 Å². The molecule has 0 aliphatic rings. The van der Waals surface area contributed by atoms with E-state index in [-0.39, 0.29) is 0 Å². The van der Waals surface area contributed by atoms with Gasteiger partial charge in [0, 0.05) is 16.0 Å². The van der Waals surface area contributed by atoms with Crippen molar-refractivity contribution in [3.05, 3.63) is 40.4 Å². The van der Waals surface area contributed by atoms with Crippen LogP contribution in [0.25, 0.3) is 0 Å². The highest BCUT2D eigenvalue weighted by atomic mass is 32.2. The predicted molar refractivity (Wildman–Crippen MR) is 69.1 cm³/mol. The van der Waals surface area contributed by atoms with Crippen molar-refractivity contribution < 1.29 is 9.90 Å². The van der Waals surface area contributed by atoms with E-state index < -0.39 is 5.97 Å². The largest absolute Gasteiger partial charge is 0.478 e. The van der Waals surface area contributed by atoms with Crippen LogP contribution in [0, 0.1) is 13.8 Å². The molecule has 1 N–H and O–H groups in total. The van der Waals surface area contributed by atoms with E-state index in [2.05, 4.69) is 4.98 Å². The second kappa shape index (κ2) is 4.89. The molecule has 1 heterocycles. The van der Waals surface area contributed by atoms with Gasteiger partial charge in [-0.25, -0.2) is 9.78 Å². The van der Waals surface area contributed by atoms with Gasteiger partial charge < -0.3 is 5.11 Å². The van der Waals surface area contributed by atoms with Gasteiger partial charge in [-0.3, -0.25) is 0 Å². The molecular weight excluding hydrogens is 254 g/mol. The van der Waals surface area contributed by atoms with E-state index in [1.54, 1.807) is 35.2 Å². The minimum atomic E-state index is -0.894. The zero-order chi connectivity index (χ0) is 12.4. The molecule has 0 aliphatic heterocycles. The molecule has 0 atom stereocenters. The van der Waals surface area contributed by atoms with E-state index in [0.29, 0.717) is 5.56 Å². The average Bonchev–Trinajstić information content (AvgIpc) is 2.67. The Bertz CT molecular complexity index is 563. The highest BCUT2D eigenvalue weighted by molar-refractivity contribution is 8.01. The van der Waals surface area contributed by atoms with Crippen LogP contribution in [0.4, 0.5) is 0 Å². The smallest absolute Gasteiger partial charge is 0.335 e. The lowest BCUT2D eigenvalue weighted by Crippen LogP contribution is -1.96. The Labute approximate surface area is 108 Å². The molecule has 0 aliphatic carbocycles. The van der Waals surface area contributed by atoms with Crippen molar-refractivity contribution in [2.24, 2.45) is 0 Å². The van der Waals surface area contributed by atoms with Crippen molar-refractivity contribution in [2.75, 3.05) is 0 Å². The van der Waals surface area contributed by atoms with Gasteiger partial charge in [0.15, 0.2) is 4.34 Å². The van der Waals surface area contributed by atoms with Crippen LogP contribution in [0.15, 0.2) is 32.8 Å². The van der Waals surface area contributed by atoms with E-state index >= 15 is 0 Å². The molecule has 2 aromatic rings. The summed E-state index contributed by atoms with van der Waals surface area (Å²) in [5.74, 6) is -0.894. The van der Waals surface area contributed by atoms with Gasteiger partial charge >= 0.3 is 5.97 Å². The lowest BCUT2D eigenvalue weighted by molar-refractivity contribution is 0.0696. The van der Waals surface area contributed by atoms with Crippen LogP contribution in [-0.4, -0.2) is 16.1 Å². The molecule has 0 spiro atoms. The number of carboxylic acid groups (broad SMARTS) is 1. The minimum absolute atomic E-state index is 0.321. The van der Waals surface area contributed by atoms with Gasteiger partial charge in [0.2, 0.25) is 0 Å². The van der Waals surface area contributed by atoms with Gasteiger partial charge in [-0.1, -0.05) is 11.8 Å². The number of benzene rings is 1. The Morgan fingerprint density at radius 2 is 2.18 bits per heavy atom. The molecule has 0 fully saturated rings. The number of hydrogen-bond donors (Lipinski definition) is 1. The number of aromatic carboxylic acids is 1. The molecule has 0 bridgehead atoms. The second-order valence-corrected chi connectivity index (χ2v) is 5.79. The topological polar surface area (TPSA) is 50.2 Å². The standard InChI is InChI=1S/C12H11NO2S2/c1-7-5-9(11(14)15)3-4-10(7)17-12-13-8(2)6-16-12/h3-6H,1-2H3,(H,14,15). The fraction of sp³-hybridized carbons (Fsp3) is 0.167. The number of carbonyl (C=O) groups is 1. The number of hydrogen-bond acceptors (Lipinski definition) is 4. The van der Waals surface area contributed by atoms with Gasteiger partial charge in [-0.2, -0.15) is 0 Å². The van der Waals surface area contributed by atoms with Crippen molar-refractivity contribution >= 4 is 29.1 Å². The molecule has 2 rings (SSSR count). The molecule has 3 nitrogen and oxygen atoms in total. The summed E-state index contributed by atoms with van der Waals surface area (Å²) in [6.45, 7) is 3.87. The maximum atomic E-state index is 10.8. The van der Waals surface area contributed by atoms with Crippen LogP contribution in [0.5, 0.6) is 0 Å². The summed E-state index contributed by atoms with van der Waals surface area (Å²) in [7, 11) is 0. The van der Waals surface area contributed by atoms with Crippen molar-refractivity contribution in [2.45, 2.75) is 23.1 Å². The maximum Gasteiger partial charge on any atom is 0.335 e. The minimum Gasteiger partial charge on any atom is -0.478 e. The van der Waals surface area contributed by atoms with Gasteiger partial charge in [0.05, 0.1) is 5.56 Å². The molecule has 0 saturated heterocycles. The molecule has 88 valence electrons. The van der Waals surface area contributed by atoms with Crippen LogP contribution in [0.2, 0.25) is 0 Å². The van der Waals surface area contributed by atoms with Crippen LogP contribution in [-0.2, 0) is 0 Å².